The zero-order valence-corrected chi connectivity index (χ0v) is 18.0. The molecule has 5 heteroatoms. The Bertz CT molecular complexity index is 780. The van der Waals surface area contributed by atoms with E-state index in [1.807, 2.05) is 13.0 Å². The normalized spacial score (nSPS) is 12.7. The predicted octanol–water partition coefficient (Wildman–Crippen LogP) is 7.71. The van der Waals surface area contributed by atoms with Gasteiger partial charge in [-0.15, -0.1) is 0 Å². The zero-order valence-electron chi connectivity index (χ0n) is 18.0. The van der Waals surface area contributed by atoms with E-state index in [-0.39, 0.29) is 23.7 Å². The van der Waals surface area contributed by atoms with E-state index < -0.39 is 11.7 Å². The van der Waals surface area contributed by atoms with Crippen LogP contribution in [0.3, 0.4) is 0 Å². The van der Waals surface area contributed by atoms with Gasteiger partial charge in [0.05, 0.1) is 11.1 Å². The van der Waals surface area contributed by atoms with Gasteiger partial charge in [0.1, 0.15) is 12.4 Å². The first-order chi connectivity index (χ1) is 13.5. The summed E-state index contributed by atoms with van der Waals surface area (Å²) >= 11 is 0. The van der Waals surface area contributed by atoms with Crippen molar-refractivity contribution in [2.24, 2.45) is 0 Å². The van der Waals surface area contributed by atoms with Crippen molar-refractivity contribution in [2.75, 3.05) is 6.61 Å². The molecule has 1 aromatic carbocycles. The maximum atomic E-state index is 12.9. The molecular formula is C24H31F3O2. The van der Waals surface area contributed by atoms with Crippen LogP contribution < -0.4 is 4.74 Å². The Kier molecular flexibility index (Phi) is 9.93. The molecule has 0 aromatic heterocycles. The van der Waals surface area contributed by atoms with E-state index in [2.05, 4.69) is 32.9 Å². The zero-order chi connectivity index (χ0) is 22.0. The smallest absolute Gasteiger partial charge is 0.416 e. The van der Waals surface area contributed by atoms with Crippen LogP contribution in [0.25, 0.3) is 0 Å². The van der Waals surface area contributed by atoms with E-state index in [0.29, 0.717) is 0 Å². The predicted molar refractivity (Wildman–Crippen MR) is 112 cm³/mol. The van der Waals surface area contributed by atoms with E-state index in [0.717, 1.165) is 43.4 Å². The van der Waals surface area contributed by atoms with Crippen molar-refractivity contribution < 1.29 is 22.7 Å². The fourth-order valence-electron chi connectivity index (χ4n) is 2.72. The number of allylic oxidation sites excluding steroid dienone is 5. The highest BCUT2D eigenvalue weighted by molar-refractivity contribution is 5.96. The van der Waals surface area contributed by atoms with Gasteiger partial charge in [-0.2, -0.15) is 13.2 Å². The molecule has 0 spiro atoms. The second-order valence-corrected chi connectivity index (χ2v) is 7.54. The first-order valence-corrected chi connectivity index (χ1v) is 9.80. The SMILES string of the molecule is CC(=O)c1ccc(C(F)(F)F)cc1OC/C=C(\C)CC/C=C(\C)CCC=C(C)C. The molecule has 0 aliphatic carbocycles. The van der Waals surface area contributed by atoms with Gasteiger partial charge in [-0.05, 0) is 84.6 Å². The van der Waals surface area contributed by atoms with Crippen LogP contribution in [0, 0.1) is 0 Å². The molecule has 0 bridgehead atoms. The number of ketones is 1. The van der Waals surface area contributed by atoms with Crippen LogP contribution >= 0.6 is 0 Å². The van der Waals surface area contributed by atoms with E-state index in [1.165, 1.54) is 24.1 Å². The lowest BCUT2D eigenvalue weighted by Gasteiger charge is -2.12. The molecule has 0 unspecified atom stereocenters. The number of halogens is 3. The van der Waals surface area contributed by atoms with Gasteiger partial charge < -0.3 is 4.74 Å². The van der Waals surface area contributed by atoms with Gasteiger partial charge in [0.25, 0.3) is 0 Å². The molecule has 0 aliphatic heterocycles. The van der Waals surface area contributed by atoms with Crippen molar-refractivity contribution in [1.29, 1.82) is 0 Å². The van der Waals surface area contributed by atoms with Crippen molar-refractivity contribution >= 4 is 5.78 Å². The topological polar surface area (TPSA) is 26.3 Å². The number of carbonyl (C=O) groups excluding carboxylic acids is 1. The van der Waals surface area contributed by atoms with Crippen LogP contribution in [0.4, 0.5) is 13.2 Å². The van der Waals surface area contributed by atoms with Crippen LogP contribution in [0.2, 0.25) is 0 Å². The van der Waals surface area contributed by atoms with Gasteiger partial charge in [-0.3, -0.25) is 4.79 Å². The summed E-state index contributed by atoms with van der Waals surface area (Å²) in [5, 5.41) is 0. The summed E-state index contributed by atoms with van der Waals surface area (Å²) in [7, 11) is 0. The monoisotopic (exact) mass is 408 g/mol. The van der Waals surface area contributed by atoms with Crippen molar-refractivity contribution in [3.63, 3.8) is 0 Å². The maximum absolute atomic E-state index is 12.9. The van der Waals surface area contributed by atoms with Crippen molar-refractivity contribution in [3.05, 3.63) is 64.3 Å². The van der Waals surface area contributed by atoms with E-state index >= 15 is 0 Å². The number of benzene rings is 1. The molecule has 0 N–H and O–H groups in total. The fraction of sp³-hybridized carbons (Fsp3) is 0.458. The van der Waals surface area contributed by atoms with Crippen LogP contribution in [0.1, 0.15) is 76.2 Å². The van der Waals surface area contributed by atoms with E-state index in [1.54, 1.807) is 0 Å². The van der Waals surface area contributed by atoms with Crippen molar-refractivity contribution in [3.8, 4) is 5.75 Å². The number of Topliss-reactive ketones (excluding diaryl/α,β-unsaturated/α-hetero) is 1. The number of hydrogen-bond acceptors (Lipinski definition) is 2. The van der Waals surface area contributed by atoms with Gasteiger partial charge >= 0.3 is 6.18 Å². The molecule has 0 saturated heterocycles. The summed E-state index contributed by atoms with van der Waals surface area (Å²) in [4.78, 5) is 11.7. The Morgan fingerprint density at radius 1 is 0.931 bits per heavy atom. The second kappa shape index (κ2) is 11.6. The van der Waals surface area contributed by atoms with Gasteiger partial charge in [0.2, 0.25) is 0 Å². The van der Waals surface area contributed by atoms with E-state index in [4.69, 9.17) is 4.74 Å². The molecule has 0 fully saturated rings. The summed E-state index contributed by atoms with van der Waals surface area (Å²) < 4.78 is 44.2. The third kappa shape index (κ3) is 9.64. The van der Waals surface area contributed by atoms with Gasteiger partial charge in [-0.25, -0.2) is 0 Å². The van der Waals surface area contributed by atoms with Crippen molar-refractivity contribution in [2.45, 2.75) is 66.5 Å². The molecule has 0 radical (unpaired) electrons. The van der Waals surface area contributed by atoms with Crippen LogP contribution in [0.15, 0.2) is 53.1 Å². The van der Waals surface area contributed by atoms with Crippen LogP contribution in [0.5, 0.6) is 5.75 Å². The van der Waals surface area contributed by atoms with Gasteiger partial charge in [0, 0.05) is 0 Å². The Balaban J connectivity index is 2.63. The minimum atomic E-state index is -4.48. The molecule has 0 amide bonds. The molecule has 29 heavy (non-hydrogen) atoms. The first-order valence-electron chi connectivity index (χ1n) is 9.80. The maximum Gasteiger partial charge on any atom is 0.416 e. The third-order valence-corrected chi connectivity index (χ3v) is 4.48. The van der Waals surface area contributed by atoms with Gasteiger partial charge in [0.15, 0.2) is 5.78 Å². The van der Waals surface area contributed by atoms with Crippen molar-refractivity contribution in [1.82, 2.24) is 0 Å². The number of ether oxygens (including phenoxy) is 1. The van der Waals surface area contributed by atoms with E-state index in [9.17, 15) is 18.0 Å². The molecule has 1 aromatic rings. The minimum absolute atomic E-state index is 0.0358. The molecule has 1 rings (SSSR count). The second-order valence-electron chi connectivity index (χ2n) is 7.54. The summed E-state index contributed by atoms with van der Waals surface area (Å²) in [6.07, 6.45) is 5.66. The average molecular weight is 409 g/mol. The number of alkyl halides is 3. The molecule has 0 atom stereocenters. The summed E-state index contributed by atoms with van der Waals surface area (Å²) in [6, 6.07) is 2.95. The molecule has 0 saturated carbocycles. The Morgan fingerprint density at radius 3 is 2.07 bits per heavy atom. The summed E-state index contributed by atoms with van der Waals surface area (Å²) in [5.41, 5.74) is 3.09. The third-order valence-electron chi connectivity index (χ3n) is 4.48. The Hall–Kier alpha value is -2.30. The van der Waals surface area contributed by atoms with Crippen LogP contribution in [-0.4, -0.2) is 12.4 Å². The Morgan fingerprint density at radius 2 is 1.52 bits per heavy atom. The lowest BCUT2D eigenvalue weighted by atomic mass is 10.1. The number of hydrogen-bond donors (Lipinski definition) is 0. The molecule has 2 nitrogen and oxygen atoms in total. The highest BCUT2D eigenvalue weighted by Crippen LogP contribution is 2.33. The molecule has 0 aliphatic rings. The number of carbonyl (C=O) groups is 1. The molecule has 0 heterocycles. The molecule has 160 valence electrons. The first kappa shape index (κ1) is 24.7. The van der Waals surface area contributed by atoms with Gasteiger partial charge in [-0.1, -0.05) is 28.9 Å². The fourth-order valence-corrected chi connectivity index (χ4v) is 2.72. The lowest BCUT2D eigenvalue weighted by molar-refractivity contribution is -0.137. The lowest BCUT2D eigenvalue weighted by Crippen LogP contribution is -2.08. The average Bonchev–Trinajstić information content (AvgIpc) is 2.60. The number of rotatable bonds is 10. The standard InChI is InChI=1S/C24H31F3O2/c1-17(2)8-6-9-18(3)10-7-11-19(4)14-15-29-23-16-21(24(25,26)27)12-13-22(23)20(5)28/h8,10,12-14,16H,6-7,9,11,15H2,1-5H3/b18-10+,19-14+. The van der Waals surface area contributed by atoms with Crippen LogP contribution in [-0.2, 0) is 6.18 Å². The highest BCUT2D eigenvalue weighted by Gasteiger charge is 2.31. The minimum Gasteiger partial charge on any atom is -0.489 e. The summed E-state index contributed by atoms with van der Waals surface area (Å²) in [5.74, 6) is -0.366. The highest BCUT2D eigenvalue weighted by atomic mass is 19.4. The molecular weight excluding hydrogens is 377 g/mol. The largest absolute Gasteiger partial charge is 0.489 e. The summed E-state index contributed by atoms with van der Waals surface area (Å²) in [6.45, 7) is 9.70. The quantitative estimate of drug-likeness (QED) is 0.293. The Labute approximate surface area is 172 Å².